The van der Waals surface area contributed by atoms with Gasteiger partial charge in [-0.15, -0.1) is 0 Å². The maximum absolute atomic E-state index is 12.0. The van der Waals surface area contributed by atoms with Gasteiger partial charge in [-0.25, -0.2) is 0 Å². The molecule has 0 aromatic carbocycles. The lowest BCUT2D eigenvalue weighted by molar-refractivity contribution is 0.0950. The number of nitrogens with zero attached hydrogens (tertiary/aromatic N) is 4. The van der Waals surface area contributed by atoms with Gasteiger partial charge in [-0.1, -0.05) is 11.6 Å². The number of piperidine rings is 1. The first-order chi connectivity index (χ1) is 12.5. The van der Waals surface area contributed by atoms with Crippen molar-refractivity contribution in [2.45, 2.75) is 44.9 Å². The van der Waals surface area contributed by atoms with Crippen LogP contribution in [-0.2, 0) is 18.3 Å². The van der Waals surface area contributed by atoms with Gasteiger partial charge in [0.25, 0.3) is 5.91 Å². The summed E-state index contributed by atoms with van der Waals surface area (Å²) in [5.41, 5.74) is 1.80. The molecule has 8 heteroatoms. The second-order valence-electron chi connectivity index (χ2n) is 6.69. The standard InChI is InChI=1S/C18H27N5O3/c1-12(25-4)17-20-16(26-21-17)11-23-10-6-5-7-14(23)13-8-9-15(22(13)3)18(24)19-2/h8-9,12,14H,5-7,10-11H2,1-4H3,(H,19,24). The Morgan fingerprint density at radius 1 is 1.46 bits per heavy atom. The Kier molecular flexibility index (Phi) is 5.73. The summed E-state index contributed by atoms with van der Waals surface area (Å²) < 4.78 is 12.6. The van der Waals surface area contributed by atoms with Gasteiger partial charge in [-0.2, -0.15) is 4.98 Å². The van der Waals surface area contributed by atoms with E-state index < -0.39 is 0 Å². The van der Waals surface area contributed by atoms with Crippen LogP contribution in [0.2, 0.25) is 0 Å². The Balaban J connectivity index is 1.79. The topological polar surface area (TPSA) is 85.4 Å². The molecule has 142 valence electrons. The van der Waals surface area contributed by atoms with Crippen molar-refractivity contribution in [2.75, 3.05) is 20.7 Å². The quantitative estimate of drug-likeness (QED) is 0.849. The summed E-state index contributed by atoms with van der Waals surface area (Å²) in [6.45, 7) is 3.44. The van der Waals surface area contributed by atoms with E-state index in [2.05, 4.69) is 20.4 Å². The highest BCUT2D eigenvalue weighted by Crippen LogP contribution is 2.32. The lowest BCUT2D eigenvalue weighted by Crippen LogP contribution is -2.34. The van der Waals surface area contributed by atoms with Crippen molar-refractivity contribution in [1.82, 2.24) is 24.9 Å². The van der Waals surface area contributed by atoms with Crippen molar-refractivity contribution >= 4 is 5.91 Å². The van der Waals surface area contributed by atoms with Gasteiger partial charge in [0.15, 0.2) is 5.82 Å². The van der Waals surface area contributed by atoms with Crippen LogP contribution in [0.25, 0.3) is 0 Å². The van der Waals surface area contributed by atoms with Crippen LogP contribution in [0, 0.1) is 0 Å². The van der Waals surface area contributed by atoms with Crippen LogP contribution in [0.4, 0.5) is 0 Å². The Morgan fingerprint density at radius 2 is 2.27 bits per heavy atom. The summed E-state index contributed by atoms with van der Waals surface area (Å²) >= 11 is 0. The van der Waals surface area contributed by atoms with Crippen molar-refractivity contribution in [3.63, 3.8) is 0 Å². The highest BCUT2D eigenvalue weighted by atomic mass is 16.5. The number of ether oxygens (including phenoxy) is 1. The highest BCUT2D eigenvalue weighted by molar-refractivity contribution is 5.92. The summed E-state index contributed by atoms with van der Waals surface area (Å²) in [5, 5.41) is 6.70. The lowest BCUT2D eigenvalue weighted by atomic mass is 9.99. The minimum absolute atomic E-state index is 0.0730. The van der Waals surface area contributed by atoms with Crippen LogP contribution < -0.4 is 5.32 Å². The second kappa shape index (κ2) is 8.01. The third kappa shape index (κ3) is 3.66. The van der Waals surface area contributed by atoms with E-state index in [-0.39, 0.29) is 18.1 Å². The minimum atomic E-state index is -0.187. The number of hydrogen-bond acceptors (Lipinski definition) is 6. The Hall–Kier alpha value is -2.19. The van der Waals surface area contributed by atoms with Crippen LogP contribution in [0.3, 0.4) is 0 Å². The van der Waals surface area contributed by atoms with Gasteiger partial charge in [0, 0.05) is 26.9 Å². The first-order valence-corrected chi connectivity index (χ1v) is 9.02. The Morgan fingerprint density at radius 3 is 3.00 bits per heavy atom. The molecule has 0 bridgehead atoms. The molecule has 1 fully saturated rings. The molecule has 0 aliphatic carbocycles. The summed E-state index contributed by atoms with van der Waals surface area (Å²) in [6, 6.07) is 4.15. The van der Waals surface area contributed by atoms with Crippen LogP contribution in [0.1, 0.15) is 66.2 Å². The van der Waals surface area contributed by atoms with Gasteiger partial charge < -0.3 is 19.1 Å². The number of rotatable bonds is 6. The zero-order chi connectivity index (χ0) is 18.7. The molecule has 2 atom stereocenters. The Bertz CT molecular complexity index is 754. The Labute approximate surface area is 153 Å². The van der Waals surface area contributed by atoms with E-state index in [1.807, 2.05) is 30.7 Å². The zero-order valence-corrected chi connectivity index (χ0v) is 15.9. The third-order valence-electron chi connectivity index (χ3n) is 5.11. The van der Waals surface area contributed by atoms with Gasteiger partial charge in [0.05, 0.1) is 12.6 Å². The number of methoxy groups -OCH3 is 1. The van der Waals surface area contributed by atoms with Gasteiger partial charge in [0.2, 0.25) is 5.89 Å². The summed E-state index contributed by atoms with van der Waals surface area (Å²) in [4.78, 5) is 18.8. The zero-order valence-electron chi connectivity index (χ0n) is 15.9. The molecule has 0 radical (unpaired) electrons. The number of likely N-dealkylation sites (tertiary alicyclic amines) is 1. The van der Waals surface area contributed by atoms with Gasteiger partial charge >= 0.3 is 0 Å². The maximum Gasteiger partial charge on any atom is 0.267 e. The fraction of sp³-hybridized carbons (Fsp3) is 0.611. The first-order valence-electron chi connectivity index (χ1n) is 9.02. The molecule has 8 nitrogen and oxygen atoms in total. The SMILES string of the molecule is CNC(=O)c1ccc(C2CCCCN2Cc2nc(C(C)OC)no2)n1C. The van der Waals surface area contributed by atoms with E-state index in [1.54, 1.807) is 14.2 Å². The number of amides is 1. The van der Waals surface area contributed by atoms with Crippen molar-refractivity contribution in [2.24, 2.45) is 7.05 Å². The van der Waals surface area contributed by atoms with Crippen molar-refractivity contribution in [1.29, 1.82) is 0 Å². The largest absolute Gasteiger partial charge is 0.374 e. The first kappa shape index (κ1) is 18.6. The van der Waals surface area contributed by atoms with E-state index in [0.29, 0.717) is 24.0 Å². The predicted molar refractivity (Wildman–Crippen MR) is 95.5 cm³/mol. The number of carbonyl (C=O) groups excluding carboxylic acids is 1. The van der Waals surface area contributed by atoms with Crippen LogP contribution in [0.15, 0.2) is 16.7 Å². The molecule has 3 heterocycles. The van der Waals surface area contributed by atoms with E-state index >= 15 is 0 Å². The minimum Gasteiger partial charge on any atom is -0.374 e. The number of nitrogens with one attached hydrogen (secondary N) is 1. The number of carbonyl (C=O) groups is 1. The molecule has 3 rings (SSSR count). The molecule has 1 saturated heterocycles. The highest BCUT2D eigenvalue weighted by Gasteiger charge is 2.29. The summed E-state index contributed by atoms with van der Waals surface area (Å²) in [5.74, 6) is 1.09. The van der Waals surface area contributed by atoms with E-state index in [1.165, 1.54) is 0 Å². The average Bonchev–Trinajstić information content (AvgIpc) is 3.28. The number of aromatic nitrogens is 3. The number of hydrogen-bond donors (Lipinski definition) is 1. The third-order valence-corrected chi connectivity index (χ3v) is 5.11. The monoisotopic (exact) mass is 361 g/mol. The van der Waals surface area contributed by atoms with E-state index in [0.717, 1.165) is 31.5 Å². The normalized spacial score (nSPS) is 19.5. The lowest BCUT2D eigenvalue weighted by Gasteiger charge is -2.35. The molecule has 2 unspecified atom stereocenters. The van der Waals surface area contributed by atoms with Crippen molar-refractivity contribution < 1.29 is 14.1 Å². The molecule has 2 aromatic heterocycles. The molecule has 1 amide bonds. The van der Waals surface area contributed by atoms with Gasteiger partial charge in [0.1, 0.15) is 11.8 Å². The molecule has 2 aromatic rings. The molecule has 26 heavy (non-hydrogen) atoms. The summed E-state index contributed by atoms with van der Waals surface area (Å²) in [7, 11) is 5.22. The summed E-state index contributed by atoms with van der Waals surface area (Å²) in [6.07, 6.45) is 3.16. The molecule has 1 aliphatic heterocycles. The second-order valence-corrected chi connectivity index (χ2v) is 6.69. The predicted octanol–water partition coefficient (Wildman–Crippen LogP) is 2.20. The smallest absolute Gasteiger partial charge is 0.267 e. The molecule has 1 aliphatic rings. The van der Waals surface area contributed by atoms with Crippen LogP contribution in [-0.4, -0.2) is 46.2 Å². The van der Waals surface area contributed by atoms with E-state index in [4.69, 9.17) is 9.26 Å². The average molecular weight is 361 g/mol. The fourth-order valence-corrected chi connectivity index (χ4v) is 3.51. The van der Waals surface area contributed by atoms with Crippen LogP contribution in [0.5, 0.6) is 0 Å². The van der Waals surface area contributed by atoms with E-state index in [9.17, 15) is 4.79 Å². The van der Waals surface area contributed by atoms with Crippen LogP contribution >= 0.6 is 0 Å². The van der Waals surface area contributed by atoms with Crippen molar-refractivity contribution in [3.8, 4) is 0 Å². The van der Waals surface area contributed by atoms with Gasteiger partial charge in [-0.3, -0.25) is 9.69 Å². The van der Waals surface area contributed by atoms with Gasteiger partial charge in [-0.05, 0) is 38.4 Å². The fourth-order valence-electron chi connectivity index (χ4n) is 3.51. The molecule has 0 saturated carbocycles. The molecule has 0 spiro atoms. The maximum atomic E-state index is 12.0. The molecular formula is C18H27N5O3. The molecular weight excluding hydrogens is 334 g/mol. The van der Waals surface area contributed by atoms with Crippen molar-refractivity contribution in [3.05, 3.63) is 35.2 Å². The molecule has 1 N–H and O–H groups in total.